The molecule has 1 aromatic rings. The number of rotatable bonds is 7. The van der Waals surface area contributed by atoms with Crippen LogP contribution < -0.4 is 15.4 Å². The normalized spacial score (nSPS) is 12.6. The minimum absolute atomic E-state index is 0.238. The third-order valence-electron chi connectivity index (χ3n) is 3.05. The predicted octanol–water partition coefficient (Wildman–Crippen LogP) is 2.29. The van der Waals surface area contributed by atoms with E-state index in [-0.39, 0.29) is 6.04 Å². The fourth-order valence-corrected chi connectivity index (χ4v) is 1.64. The van der Waals surface area contributed by atoms with E-state index in [9.17, 15) is 0 Å². The van der Waals surface area contributed by atoms with E-state index in [4.69, 9.17) is 10.5 Å². The average molecular weight is 251 g/mol. The van der Waals surface area contributed by atoms with Gasteiger partial charge in [0.05, 0.1) is 6.61 Å². The Morgan fingerprint density at radius 3 is 2.72 bits per heavy atom. The first-order valence-electron chi connectivity index (χ1n) is 6.61. The molecule has 102 valence electrons. The lowest BCUT2D eigenvalue weighted by Crippen LogP contribution is -2.32. The highest BCUT2D eigenvalue weighted by Crippen LogP contribution is 2.15. The van der Waals surface area contributed by atoms with Crippen molar-refractivity contribution in [3.63, 3.8) is 0 Å². The highest BCUT2D eigenvalue weighted by atomic mass is 16.5. The Labute approximate surface area is 110 Å². The van der Waals surface area contributed by atoms with Gasteiger partial charge >= 0.3 is 0 Å². The molecule has 1 unspecified atom stereocenters. The Hall–Kier alpha value is -1.29. The molecule has 0 aliphatic rings. The molecule has 4 heteroatoms. The van der Waals surface area contributed by atoms with Gasteiger partial charge in [-0.3, -0.25) is 0 Å². The van der Waals surface area contributed by atoms with Crippen molar-refractivity contribution in [3.8, 4) is 5.88 Å². The Morgan fingerprint density at radius 1 is 1.39 bits per heavy atom. The summed E-state index contributed by atoms with van der Waals surface area (Å²) in [7, 11) is 2.03. The summed E-state index contributed by atoms with van der Waals surface area (Å²) in [5, 5.41) is 0. The van der Waals surface area contributed by atoms with Crippen molar-refractivity contribution in [2.75, 3.05) is 25.1 Å². The van der Waals surface area contributed by atoms with E-state index in [0.29, 0.717) is 18.4 Å². The molecule has 1 aromatic heterocycles. The van der Waals surface area contributed by atoms with Crippen LogP contribution in [0.15, 0.2) is 18.2 Å². The highest BCUT2D eigenvalue weighted by Gasteiger charge is 2.10. The second kappa shape index (κ2) is 7.21. The fourth-order valence-electron chi connectivity index (χ4n) is 1.64. The first kappa shape index (κ1) is 14.8. The molecule has 1 heterocycles. The third kappa shape index (κ3) is 4.53. The zero-order chi connectivity index (χ0) is 13.5. The Balaban J connectivity index is 2.55. The van der Waals surface area contributed by atoms with Crippen LogP contribution in [0.5, 0.6) is 5.88 Å². The molecule has 0 aromatic carbocycles. The summed E-state index contributed by atoms with van der Waals surface area (Å²) in [5.74, 6) is 2.12. The molecular weight excluding hydrogens is 226 g/mol. The van der Waals surface area contributed by atoms with Crippen LogP contribution in [0.2, 0.25) is 0 Å². The number of aromatic nitrogens is 1. The van der Waals surface area contributed by atoms with Gasteiger partial charge in [-0.15, -0.1) is 0 Å². The fraction of sp³-hybridized carbons (Fsp3) is 0.643. The van der Waals surface area contributed by atoms with Crippen molar-refractivity contribution in [2.45, 2.75) is 33.2 Å². The van der Waals surface area contributed by atoms with Gasteiger partial charge in [-0.05, 0) is 25.3 Å². The van der Waals surface area contributed by atoms with Crippen LogP contribution in [0.1, 0.15) is 27.2 Å². The van der Waals surface area contributed by atoms with Crippen LogP contribution >= 0.6 is 0 Å². The molecule has 4 nitrogen and oxygen atoms in total. The molecule has 0 radical (unpaired) electrons. The molecular formula is C14H25N3O. The minimum Gasteiger partial charge on any atom is -0.478 e. The van der Waals surface area contributed by atoms with E-state index in [2.05, 4.69) is 23.7 Å². The van der Waals surface area contributed by atoms with Crippen LogP contribution in [0.4, 0.5) is 5.82 Å². The number of nitrogens with two attached hydrogens (primary N) is 1. The van der Waals surface area contributed by atoms with Crippen molar-refractivity contribution < 1.29 is 4.74 Å². The summed E-state index contributed by atoms with van der Waals surface area (Å²) >= 11 is 0. The van der Waals surface area contributed by atoms with Crippen molar-refractivity contribution in [1.82, 2.24) is 4.98 Å². The number of ether oxygens (including phenoxy) is 1. The molecule has 1 rings (SSSR count). The van der Waals surface area contributed by atoms with E-state index < -0.39 is 0 Å². The third-order valence-corrected chi connectivity index (χ3v) is 3.05. The molecule has 1 atom stereocenters. The first-order valence-corrected chi connectivity index (χ1v) is 6.61. The Kier molecular flexibility index (Phi) is 5.92. The van der Waals surface area contributed by atoms with E-state index in [1.165, 1.54) is 0 Å². The molecule has 0 aliphatic carbocycles. The highest BCUT2D eigenvalue weighted by molar-refractivity contribution is 5.39. The molecule has 2 N–H and O–H groups in total. The summed E-state index contributed by atoms with van der Waals surface area (Å²) < 4.78 is 5.40. The second-order valence-corrected chi connectivity index (χ2v) is 4.89. The van der Waals surface area contributed by atoms with Gasteiger partial charge in [0.15, 0.2) is 0 Å². The largest absolute Gasteiger partial charge is 0.478 e. The minimum atomic E-state index is 0.238. The number of hydrogen-bond acceptors (Lipinski definition) is 4. The maximum atomic E-state index is 6.05. The van der Waals surface area contributed by atoms with Gasteiger partial charge in [-0.2, -0.15) is 4.98 Å². The molecule has 0 bridgehead atoms. The molecule has 0 spiro atoms. The molecule has 0 saturated heterocycles. The summed E-state index contributed by atoms with van der Waals surface area (Å²) in [6.45, 7) is 7.80. The van der Waals surface area contributed by atoms with E-state index in [0.717, 1.165) is 18.8 Å². The average Bonchev–Trinajstić information content (AvgIpc) is 2.36. The van der Waals surface area contributed by atoms with E-state index in [1.54, 1.807) is 0 Å². The topological polar surface area (TPSA) is 51.4 Å². The lowest BCUT2D eigenvalue weighted by molar-refractivity contribution is 0.327. The summed E-state index contributed by atoms with van der Waals surface area (Å²) in [5.41, 5.74) is 6.05. The van der Waals surface area contributed by atoms with Gasteiger partial charge in [-0.25, -0.2) is 0 Å². The van der Waals surface area contributed by atoms with Crippen LogP contribution in [0.3, 0.4) is 0 Å². The molecule has 0 saturated carbocycles. The number of anilines is 1. The molecule has 18 heavy (non-hydrogen) atoms. The maximum Gasteiger partial charge on any atom is 0.215 e. The van der Waals surface area contributed by atoms with Crippen molar-refractivity contribution in [3.05, 3.63) is 18.2 Å². The van der Waals surface area contributed by atoms with Crippen LogP contribution in [0.25, 0.3) is 0 Å². The smallest absolute Gasteiger partial charge is 0.215 e. The predicted molar refractivity (Wildman–Crippen MR) is 76.1 cm³/mol. The summed E-state index contributed by atoms with van der Waals surface area (Å²) in [6.07, 6.45) is 0.967. The zero-order valence-electron chi connectivity index (χ0n) is 11.9. The first-order chi connectivity index (χ1) is 8.54. The maximum absolute atomic E-state index is 6.05. The van der Waals surface area contributed by atoms with Crippen molar-refractivity contribution in [1.29, 1.82) is 0 Å². The van der Waals surface area contributed by atoms with Gasteiger partial charge in [0.2, 0.25) is 5.88 Å². The molecule has 0 aliphatic heterocycles. The lowest BCUT2D eigenvalue weighted by Gasteiger charge is -2.22. The molecule has 0 amide bonds. The van der Waals surface area contributed by atoms with Crippen molar-refractivity contribution >= 4 is 5.82 Å². The van der Waals surface area contributed by atoms with Gasteiger partial charge < -0.3 is 15.4 Å². The number of pyridine rings is 1. The van der Waals surface area contributed by atoms with E-state index >= 15 is 0 Å². The number of nitrogens with zero attached hydrogens (tertiary/aromatic N) is 2. The Morgan fingerprint density at radius 2 is 2.11 bits per heavy atom. The standard InChI is InChI=1S/C14H25N3O/c1-5-18-14-8-6-7-13(16-14)17(4)10-9-12(15)11(2)3/h6-8,11-12H,5,9-10,15H2,1-4H3. The Bertz CT molecular complexity index is 355. The van der Waals surface area contributed by atoms with Crippen molar-refractivity contribution in [2.24, 2.45) is 11.7 Å². The van der Waals surface area contributed by atoms with Gasteiger partial charge in [-0.1, -0.05) is 19.9 Å². The van der Waals surface area contributed by atoms with Gasteiger partial charge in [0, 0.05) is 25.7 Å². The van der Waals surface area contributed by atoms with Crippen LogP contribution in [-0.4, -0.2) is 31.2 Å². The summed E-state index contributed by atoms with van der Waals surface area (Å²) in [6, 6.07) is 6.07. The van der Waals surface area contributed by atoms with Crippen LogP contribution in [-0.2, 0) is 0 Å². The second-order valence-electron chi connectivity index (χ2n) is 4.89. The van der Waals surface area contributed by atoms with Gasteiger partial charge in [0.1, 0.15) is 5.82 Å². The SMILES string of the molecule is CCOc1cccc(N(C)CCC(N)C(C)C)n1. The van der Waals surface area contributed by atoms with Gasteiger partial charge in [0.25, 0.3) is 0 Å². The number of hydrogen-bond donors (Lipinski definition) is 1. The van der Waals surface area contributed by atoms with Crippen LogP contribution in [0, 0.1) is 5.92 Å². The zero-order valence-corrected chi connectivity index (χ0v) is 11.9. The molecule has 0 fully saturated rings. The quantitative estimate of drug-likeness (QED) is 0.808. The monoisotopic (exact) mass is 251 g/mol. The summed E-state index contributed by atoms with van der Waals surface area (Å²) in [4.78, 5) is 6.56. The lowest BCUT2D eigenvalue weighted by atomic mass is 10.0. The van der Waals surface area contributed by atoms with E-state index in [1.807, 2.05) is 32.2 Å².